The van der Waals surface area contributed by atoms with Gasteiger partial charge in [-0.15, -0.1) is 0 Å². The molecule has 0 saturated heterocycles. The van der Waals surface area contributed by atoms with Crippen molar-refractivity contribution < 1.29 is 4.79 Å². The molecule has 0 bridgehead atoms. The second-order valence-electron chi connectivity index (χ2n) is 6.21. The molecule has 1 aromatic carbocycles. The maximum Gasteiger partial charge on any atom is 0.273 e. The average Bonchev–Trinajstić information content (AvgIpc) is 3.04. The fourth-order valence-electron chi connectivity index (χ4n) is 3.29. The number of nitrogens with zero attached hydrogens (tertiary/aromatic N) is 3. The molecule has 2 heterocycles. The van der Waals surface area contributed by atoms with Crippen molar-refractivity contribution >= 4 is 22.6 Å². The molecule has 0 atom stereocenters. The van der Waals surface area contributed by atoms with E-state index < -0.39 is 0 Å². The van der Waals surface area contributed by atoms with Gasteiger partial charge >= 0.3 is 0 Å². The fraction of sp³-hybridized carbons (Fsp3) is 0.368. The smallest absolute Gasteiger partial charge is 0.273 e. The number of hydrogen-bond acceptors (Lipinski definition) is 2. The Balaban J connectivity index is 1.99. The largest absolute Gasteiger partial charge is 0.340 e. The van der Waals surface area contributed by atoms with Crippen LogP contribution in [0, 0.1) is 6.92 Å². The third-order valence-corrected chi connectivity index (χ3v) is 4.58. The van der Waals surface area contributed by atoms with Crippen LogP contribution >= 0.6 is 0 Å². The number of nitrogens with one attached hydrogen (secondary N) is 1. The lowest BCUT2D eigenvalue weighted by atomic mass is 10.1. The molecular weight excluding hydrogens is 300 g/mol. The van der Waals surface area contributed by atoms with Gasteiger partial charge in [-0.3, -0.25) is 9.48 Å². The molecule has 5 heteroatoms. The molecule has 0 radical (unpaired) electrons. The number of amides is 1. The Labute approximate surface area is 142 Å². The van der Waals surface area contributed by atoms with E-state index in [1.165, 1.54) is 5.56 Å². The normalized spacial score (nSPS) is 11.2. The highest BCUT2D eigenvalue weighted by Gasteiger charge is 2.19. The van der Waals surface area contributed by atoms with Gasteiger partial charge in [0.05, 0.1) is 5.69 Å². The summed E-state index contributed by atoms with van der Waals surface area (Å²) in [4.78, 5) is 12.8. The van der Waals surface area contributed by atoms with Crippen LogP contribution in [0.25, 0.3) is 10.9 Å². The summed E-state index contributed by atoms with van der Waals surface area (Å²) >= 11 is 0. The summed E-state index contributed by atoms with van der Waals surface area (Å²) in [5.74, 6) is 0.687. The average molecular weight is 324 g/mol. The maximum absolute atomic E-state index is 12.8. The van der Waals surface area contributed by atoms with Crippen LogP contribution in [-0.2, 0) is 26.9 Å². The van der Waals surface area contributed by atoms with Crippen molar-refractivity contribution in [2.45, 2.75) is 33.6 Å². The first-order chi connectivity index (χ1) is 11.5. The summed E-state index contributed by atoms with van der Waals surface area (Å²) in [5.41, 5.74) is 5.05. The molecule has 1 N–H and O–H groups in total. The van der Waals surface area contributed by atoms with E-state index in [0.717, 1.165) is 40.8 Å². The SMILES string of the molecule is CCc1nn(C)c(NC(=O)c2cc3cc(C)ccc3n2C)c1CC. The van der Waals surface area contributed by atoms with Gasteiger partial charge in [-0.25, -0.2) is 0 Å². The Morgan fingerprint density at radius 1 is 1.17 bits per heavy atom. The zero-order valence-corrected chi connectivity index (χ0v) is 15.0. The van der Waals surface area contributed by atoms with Crippen molar-refractivity contribution in [1.82, 2.24) is 14.3 Å². The summed E-state index contributed by atoms with van der Waals surface area (Å²) in [6, 6.07) is 8.16. The third-order valence-electron chi connectivity index (χ3n) is 4.58. The number of carbonyl (C=O) groups excluding carboxylic acids is 1. The van der Waals surface area contributed by atoms with Crippen LogP contribution in [0.5, 0.6) is 0 Å². The predicted octanol–water partition coefficient (Wildman–Crippen LogP) is 3.60. The van der Waals surface area contributed by atoms with Gasteiger partial charge in [0, 0.05) is 30.6 Å². The van der Waals surface area contributed by atoms with Crippen molar-refractivity contribution in [1.29, 1.82) is 0 Å². The predicted molar refractivity (Wildman–Crippen MR) is 97.6 cm³/mol. The van der Waals surface area contributed by atoms with Crippen LogP contribution in [0.1, 0.15) is 41.2 Å². The first kappa shape index (κ1) is 16.3. The summed E-state index contributed by atoms with van der Waals surface area (Å²) in [6.45, 7) is 6.23. The van der Waals surface area contributed by atoms with Crippen molar-refractivity contribution in [2.75, 3.05) is 5.32 Å². The van der Waals surface area contributed by atoms with Crippen LogP contribution in [0.4, 0.5) is 5.82 Å². The van der Waals surface area contributed by atoms with Crippen LogP contribution in [-0.4, -0.2) is 20.3 Å². The first-order valence-corrected chi connectivity index (χ1v) is 8.38. The maximum atomic E-state index is 12.8. The quantitative estimate of drug-likeness (QED) is 0.797. The topological polar surface area (TPSA) is 51.9 Å². The molecule has 0 spiro atoms. The van der Waals surface area contributed by atoms with Crippen molar-refractivity contribution in [3.8, 4) is 0 Å². The van der Waals surface area contributed by atoms with Gasteiger partial charge in [0.15, 0.2) is 0 Å². The standard InChI is InChI=1S/C19H24N4O/c1-6-14-15(7-2)21-23(5)18(14)20-19(24)17-11-13-10-12(3)8-9-16(13)22(17)4/h8-11H,6-7H2,1-5H3,(H,20,24). The monoisotopic (exact) mass is 324 g/mol. The van der Waals surface area contributed by atoms with Crippen molar-refractivity contribution in [3.05, 3.63) is 46.8 Å². The highest BCUT2D eigenvalue weighted by atomic mass is 16.2. The highest BCUT2D eigenvalue weighted by molar-refractivity contribution is 6.06. The first-order valence-electron chi connectivity index (χ1n) is 8.38. The second kappa shape index (κ2) is 6.15. The van der Waals surface area contributed by atoms with E-state index >= 15 is 0 Å². The Hall–Kier alpha value is -2.56. The van der Waals surface area contributed by atoms with E-state index in [1.54, 1.807) is 4.68 Å². The van der Waals surface area contributed by atoms with Crippen molar-refractivity contribution in [3.63, 3.8) is 0 Å². The Kier molecular flexibility index (Phi) is 4.18. The molecule has 0 aliphatic rings. The number of aromatic nitrogens is 3. The van der Waals surface area contributed by atoms with E-state index in [2.05, 4.69) is 49.4 Å². The molecule has 3 rings (SSSR count). The molecule has 24 heavy (non-hydrogen) atoms. The molecule has 5 nitrogen and oxygen atoms in total. The number of carbonyl (C=O) groups is 1. The zero-order chi connectivity index (χ0) is 17.4. The molecule has 0 aliphatic carbocycles. The molecule has 0 saturated carbocycles. The molecule has 2 aromatic heterocycles. The Bertz CT molecular complexity index is 917. The lowest BCUT2D eigenvalue weighted by molar-refractivity contribution is 0.101. The molecular formula is C19H24N4O. The lowest BCUT2D eigenvalue weighted by Crippen LogP contribution is -2.18. The number of fused-ring (bicyclic) bond motifs is 1. The van der Waals surface area contributed by atoms with Gasteiger partial charge in [0.2, 0.25) is 0 Å². The number of aryl methyl sites for hydroxylation is 4. The van der Waals surface area contributed by atoms with Crippen LogP contribution < -0.4 is 5.32 Å². The Morgan fingerprint density at radius 2 is 1.92 bits per heavy atom. The second-order valence-corrected chi connectivity index (χ2v) is 6.21. The van der Waals surface area contributed by atoms with Gasteiger partial charge in [-0.05, 0) is 38.0 Å². The molecule has 0 fully saturated rings. The Morgan fingerprint density at radius 3 is 2.58 bits per heavy atom. The van der Waals surface area contributed by atoms with Crippen LogP contribution in [0.2, 0.25) is 0 Å². The van der Waals surface area contributed by atoms with Gasteiger partial charge in [-0.1, -0.05) is 25.5 Å². The van der Waals surface area contributed by atoms with Gasteiger partial charge in [0.25, 0.3) is 5.91 Å². The molecule has 3 aromatic rings. The number of benzene rings is 1. The third kappa shape index (κ3) is 2.60. The number of hydrogen-bond donors (Lipinski definition) is 1. The van der Waals surface area contributed by atoms with E-state index in [0.29, 0.717) is 5.69 Å². The van der Waals surface area contributed by atoms with Gasteiger partial charge in [-0.2, -0.15) is 5.10 Å². The summed E-state index contributed by atoms with van der Waals surface area (Å²) in [7, 11) is 3.80. The zero-order valence-electron chi connectivity index (χ0n) is 15.0. The van der Waals surface area contributed by atoms with E-state index in [9.17, 15) is 4.79 Å². The molecule has 0 aliphatic heterocycles. The highest BCUT2D eigenvalue weighted by Crippen LogP contribution is 2.24. The number of anilines is 1. The summed E-state index contributed by atoms with van der Waals surface area (Å²) in [5, 5.41) is 8.66. The minimum atomic E-state index is -0.105. The van der Waals surface area contributed by atoms with E-state index in [4.69, 9.17) is 0 Å². The van der Waals surface area contributed by atoms with Crippen LogP contribution in [0.15, 0.2) is 24.3 Å². The summed E-state index contributed by atoms with van der Waals surface area (Å²) in [6.07, 6.45) is 1.71. The molecule has 126 valence electrons. The van der Waals surface area contributed by atoms with E-state index in [-0.39, 0.29) is 5.91 Å². The molecule has 0 unspecified atom stereocenters. The minimum absolute atomic E-state index is 0.105. The lowest BCUT2D eigenvalue weighted by Gasteiger charge is -2.09. The van der Waals surface area contributed by atoms with Crippen LogP contribution in [0.3, 0.4) is 0 Å². The van der Waals surface area contributed by atoms with Gasteiger partial charge in [0.1, 0.15) is 11.5 Å². The fourth-order valence-corrected chi connectivity index (χ4v) is 3.29. The van der Waals surface area contributed by atoms with Crippen molar-refractivity contribution in [2.24, 2.45) is 14.1 Å². The number of rotatable bonds is 4. The van der Waals surface area contributed by atoms with E-state index in [1.807, 2.05) is 24.7 Å². The minimum Gasteiger partial charge on any atom is -0.340 e. The van der Waals surface area contributed by atoms with Gasteiger partial charge < -0.3 is 9.88 Å². The summed E-state index contributed by atoms with van der Waals surface area (Å²) < 4.78 is 3.70. The molecule has 1 amide bonds.